The van der Waals surface area contributed by atoms with E-state index in [0.29, 0.717) is 12.2 Å². The first-order valence-electron chi connectivity index (χ1n) is 12.9. The van der Waals surface area contributed by atoms with Crippen molar-refractivity contribution in [2.45, 2.75) is 91.3 Å². The van der Waals surface area contributed by atoms with Crippen molar-refractivity contribution < 1.29 is 17.9 Å². The molecule has 194 valence electrons. The van der Waals surface area contributed by atoms with Crippen molar-refractivity contribution in [3.8, 4) is 16.9 Å². The predicted octanol–water partition coefficient (Wildman–Crippen LogP) is 10.1. The van der Waals surface area contributed by atoms with Gasteiger partial charge < -0.3 is 4.74 Å². The Bertz CT molecular complexity index is 1100. The van der Waals surface area contributed by atoms with Crippen LogP contribution < -0.4 is 4.74 Å². The fraction of sp³-hybridized carbons (Fsp3) is 0.438. The van der Waals surface area contributed by atoms with Gasteiger partial charge in [-0.2, -0.15) is 13.2 Å². The SMILES string of the molecule is CCCc1ccc(C(CCCC(F)(F)F)Oc2cc(C)c(-c3ccc(C(C)(C)C)cc3)c(C)c2)cc1. The number of ether oxygens (including phenoxy) is 1. The molecule has 0 aliphatic carbocycles. The van der Waals surface area contributed by atoms with Crippen LogP contribution in [0.2, 0.25) is 0 Å². The van der Waals surface area contributed by atoms with Crippen molar-refractivity contribution in [2.75, 3.05) is 0 Å². The summed E-state index contributed by atoms with van der Waals surface area (Å²) in [5.41, 5.74) is 8.00. The molecule has 3 aromatic rings. The zero-order chi connectivity index (χ0) is 26.5. The average Bonchev–Trinajstić information content (AvgIpc) is 2.78. The van der Waals surface area contributed by atoms with Crippen molar-refractivity contribution >= 4 is 0 Å². The molecule has 0 heterocycles. The number of rotatable bonds is 9. The van der Waals surface area contributed by atoms with E-state index in [1.165, 1.54) is 16.7 Å². The fourth-order valence-corrected chi connectivity index (χ4v) is 4.72. The Morgan fingerprint density at radius 3 is 1.92 bits per heavy atom. The third kappa shape index (κ3) is 7.62. The second-order valence-corrected chi connectivity index (χ2v) is 10.9. The Kier molecular flexibility index (Phi) is 8.92. The Morgan fingerprint density at radius 2 is 1.42 bits per heavy atom. The van der Waals surface area contributed by atoms with Crippen molar-refractivity contribution in [1.82, 2.24) is 0 Å². The minimum atomic E-state index is -4.16. The van der Waals surface area contributed by atoms with Gasteiger partial charge in [0, 0.05) is 6.42 Å². The topological polar surface area (TPSA) is 9.23 Å². The molecule has 0 saturated heterocycles. The highest BCUT2D eigenvalue weighted by molar-refractivity contribution is 5.72. The molecule has 0 saturated carbocycles. The lowest BCUT2D eigenvalue weighted by Gasteiger charge is -2.23. The number of halogens is 3. The Hall–Kier alpha value is -2.75. The van der Waals surface area contributed by atoms with Crippen LogP contribution >= 0.6 is 0 Å². The number of hydrogen-bond donors (Lipinski definition) is 0. The van der Waals surface area contributed by atoms with Gasteiger partial charge in [0.1, 0.15) is 11.9 Å². The third-order valence-corrected chi connectivity index (χ3v) is 6.64. The van der Waals surface area contributed by atoms with Crippen LogP contribution in [0.25, 0.3) is 11.1 Å². The van der Waals surface area contributed by atoms with Gasteiger partial charge >= 0.3 is 6.18 Å². The number of hydrogen-bond acceptors (Lipinski definition) is 1. The van der Waals surface area contributed by atoms with Crippen molar-refractivity contribution in [2.24, 2.45) is 0 Å². The highest BCUT2D eigenvalue weighted by Gasteiger charge is 2.27. The van der Waals surface area contributed by atoms with Crippen LogP contribution in [-0.4, -0.2) is 6.18 Å². The standard InChI is InChI=1S/C32H39F3O/c1-7-9-24-11-13-25(14-12-24)29(10-8-19-32(33,34)35)36-28-20-22(2)30(23(3)21-28)26-15-17-27(18-16-26)31(4,5)6/h11-18,20-21,29H,7-10,19H2,1-6H3. The maximum absolute atomic E-state index is 12.8. The molecule has 3 aromatic carbocycles. The maximum atomic E-state index is 12.8. The Labute approximate surface area is 214 Å². The van der Waals surface area contributed by atoms with Gasteiger partial charge in [-0.25, -0.2) is 0 Å². The minimum Gasteiger partial charge on any atom is -0.486 e. The molecule has 1 atom stereocenters. The largest absolute Gasteiger partial charge is 0.486 e. The van der Waals surface area contributed by atoms with Gasteiger partial charge in [0.2, 0.25) is 0 Å². The first-order chi connectivity index (χ1) is 16.9. The summed E-state index contributed by atoms with van der Waals surface area (Å²) in [6.45, 7) is 12.9. The van der Waals surface area contributed by atoms with Crippen LogP contribution in [-0.2, 0) is 11.8 Å². The Balaban J connectivity index is 1.86. The van der Waals surface area contributed by atoms with Crippen molar-refractivity contribution in [3.05, 3.63) is 88.5 Å². The fourth-order valence-electron chi connectivity index (χ4n) is 4.72. The third-order valence-electron chi connectivity index (χ3n) is 6.64. The molecule has 0 amide bonds. The number of aryl methyl sites for hydroxylation is 3. The average molecular weight is 497 g/mol. The monoisotopic (exact) mass is 496 g/mol. The zero-order valence-electron chi connectivity index (χ0n) is 22.4. The summed E-state index contributed by atoms with van der Waals surface area (Å²) in [5.74, 6) is 0.690. The van der Waals surface area contributed by atoms with Crippen LogP contribution in [0, 0.1) is 13.8 Å². The summed E-state index contributed by atoms with van der Waals surface area (Å²) in [4.78, 5) is 0. The van der Waals surface area contributed by atoms with E-state index in [4.69, 9.17) is 4.74 Å². The second-order valence-electron chi connectivity index (χ2n) is 10.9. The molecule has 0 N–H and O–H groups in total. The molecule has 1 unspecified atom stereocenters. The molecule has 4 heteroatoms. The van der Waals surface area contributed by atoms with E-state index in [-0.39, 0.29) is 11.8 Å². The summed E-state index contributed by atoms with van der Waals surface area (Å²) in [5, 5.41) is 0. The van der Waals surface area contributed by atoms with Gasteiger partial charge in [-0.3, -0.25) is 0 Å². The van der Waals surface area contributed by atoms with E-state index >= 15 is 0 Å². The van der Waals surface area contributed by atoms with E-state index in [2.05, 4.69) is 77.9 Å². The molecular formula is C32H39F3O. The van der Waals surface area contributed by atoms with E-state index in [1.54, 1.807) is 0 Å². The maximum Gasteiger partial charge on any atom is 0.389 e. The summed E-state index contributed by atoms with van der Waals surface area (Å²) in [6, 6.07) is 20.8. The summed E-state index contributed by atoms with van der Waals surface area (Å²) in [6.07, 6.45) is -3.03. The minimum absolute atomic E-state index is 0.0288. The lowest BCUT2D eigenvalue weighted by Crippen LogP contribution is -2.12. The van der Waals surface area contributed by atoms with Gasteiger partial charge in [-0.1, -0.05) is 82.6 Å². The predicted molar refractivity (Wildman–Crippen MR) is 144 cm³/mol. The van der Waals surface area contributed by atoms with Crippen LogP contribution in [0.4, 0.5) is 13.2 Å². The molecule has 3 rings (SSSR count). The molecule has 1 nitrogen and oxygen atoms in total. The zero-order valence-corrected chi connectivity index (χ0v) is 22.4. The molecule has 0 fully saturated rings. The molecule has 0 aromatic heterocycles. The summed E-state index contributed by atoms with van der Waals surface area (Å²) >= 11 is 0. The van der Waals surface area contributed by atoms with Crippen LogP contribution in [0.15, 0.2) is 60.7 Å². The quantitative estimate of drug-likeness (QED) is 0.286. The van der Waals surface area contributed by atoms with Crippen LogP contribution in [0.3, 0.4) is 0 Å². The molecule has 0 bridgehead atoms. The normalized spacial score (nSPS) is 13.0. The molecule has 0 aliphatic rings. The van der Waals surface area contributed by atoms with E-state index < -0.39 is 18.7 Å². The van der Waals surface area contributed by atoms with Crippen LogP contribution in [0.5, 0.6) is 5.75 Å². The van der Waals surface area contributed by atoms with Gasteiger partial charge in [0.15, 0.2) is 0 Å². The van der Waals surface area contributed by atoms with E-state index in [0.717, 1.165) is 35.1 Å². The first-order valence-corrected chi connectivity index (χ1v) is 12.9. The molecule has 0 aliphatic heterocycles. The summed E-state index contributed by atoms with van der Waals surface area (Å²) < 4.78 is 44.9. The van der Waals surface area contributed by atoms with Gasteiger partial charge in [-0.15, -0.1) is 0 Å². The van der Waals surface area contributed by atoms with Crippen molar-refractivity contribution in [1.29, 1.82) is 0 Å². The first kappa shape index (κ1) is 27.8. The highest BCUT2D eigenvalue weighted by atomic mass is 19.4. The van der Waals surface area contributed by atoms with E-state index in [9.17, 15) is 13.2 Å². The van der Waals surface area contributed by atoms with Crippen LogP contribution in [0.1, 0.15) is 87.3 Å². The Morgan fingerprint density at radius 1 is 0.833 bits per heavy atom. The molecular weight excluding hydrogens is 457 g/mol. The van der Waals surface area contributed by atoms with E-state index in [1.807, 2.05) is 24.3 Å². The smallest absolute Gasteiger partial charge is 0.389 e. The van der Waals surface area contributed by atoms with Crippen molar-refractivity contribution in [3.63, 3.8) is 0 Å². The van der Waals surface area contributed by atoms with Gasteiger partial charge in [0.25, 0.3) is 0 Å². The highest BCUT2D eigenvalue weighted by Crippen LogP contribution is 2.36. The van der Waals surface area contributed by atoms with Gasteiger partial charge in [-0.05, 0) is 89.6 Å². The molecule has 36 heavy (non-hydrogen) atoms. The van der Waals surface area contributed by atoms with Gasteiger partial charge in [0.05, 0.1) is 0 Å². The molecule has 0 radical (unpaired) electrons. The lowest BCUT2D eigenvalue weighted by molar-refractivity contribution is -0.136. The molecule has 0 spiro atoms. The second kappa shape index (κ2) is 11.5. The lowest BCUT2D eigenvalue weighted by atomic mass is 9.85. The summed E-state index contributed by atoms with van der Waals surface area (Å²) in [7, 11) is 0. The number of alkyl halides is 3. The number of benzene rings is 3.